The maximum absolute atomic E-state index is 5.48. The molecule has 0 amide bonds. The molecule has 0 aliphatic carbocycles. The van der Waals surface area contributed by atoms with Gasteiger partial charge in [-0.25, -0.2) is 0 Å². The Morgan fingerprint density at radius 2 is 1.93 bits per heavy atom. The van der Waals surface area contributed by atoms with Gasteiger partial charge in [-0.05, 0) is 42.9 Å². The SMILES string of the molecule is CN=C(NCc1ccc(N2CCC(C)CC2)cc1)N(C)CC1CCOC1.I. The van der Waals surface area contributed by atoms with Crippen LogP contribution in [0.1, 0.15) is 31.7 Å². The summed E-state index contributed by atoms with van der Waals surface area (Å²) < 4.78 is 5.48. The van der Waals surface area contributed by atoms with E-state index >= 15 is 0 Å². The third-order valence-corrected chi connectivity index (χ3v) is 5.67. The van der Waals surface area contributed by atoms with E-state index < -0.39 is 0 Å². The predicted octanol–water partition coefficient (Wildman–Crippen LogP) is 3.58. The van der Waals surface area contributed by atoms with Gasteiger partial charge in [-0.15, -0.1) is 24.0 Å². The van der Waals surface area contributed by atoms with E-state index in [2.05, 4.69) is 58.3 Å². The van der Waals surface area contributed by atoms with Gasteiger partial charge in [-0.3, -0.25) is 4.99 Å². The van der Waals surface area contributed by atoms with E-state index in [-0.39, 0.29) is 24.0 Å². The molecule has 152 valence electrons. The van der Waals surface area contributed by atoms with Crippen LogP contribution >= 0.6 is 24.0 Å². The molecular weight excluding hydrogens is 451 g/mol. The third-order valence-electron chi connectivity index (χ3n) is 5.67. The first-order valence-corrected chi connectivity index (χ1v) is 9.99. The summed E-state index contributed by atoms with van der Waals surface area (Å²) >= 11 is 0. The van der Waals surface area contributed by atoms with Crippen molar-refractivity contribution in [3.63, 3.8) is 0 Å². The average molecular weight is 486 g/mol. The summed E-state index contributed by atoms with van der Waals surface area (Å²) in [5.74, 6) is 2.44. The van der Waals surface area contributed by atoms with Gasteiger partial charge in [0.15, 0.2) is 5.96 Å². The third kappa shape index (κ3) is 6.52. The van der Waals surface area contributed by atoms with Crippen LogP contribution in [0.3, 0.4) is 0 Å². The number of hydrogen-bond acceptors (Lipinski definition) is 3. The number of nitrogens with one attached hydrogen (secondary N) is 1. The van der Waals surface area contributed by atoms with Gasteiger partial charge in [0.2, 0.25) is 0 Å². The van der Waals surface area contributed by atoms with E-state index in [0.29, 0.717) is 5.92 Å². The van der Waals surface area contributed by atoms with Crippen LogP contribution in [-0.4, -0.2) is 57.8 Å². The zero-order valence-electron chi connectivity index (χ0n) is 17.0. The van der Waals surface area contributed by atoms with Crippen molar-refractivity contribution < 1.29 is 4.74 Å². The lowest BCUT2D eigenvalue weighted by atomic mass is 9.99. The van der Waals surface area contributed by atoms with Crippen LogP contribution in [0.25, 0.3) is 0 Å². The van der Waals surface area contributed by atoms with Crippen LogP contribution in [-0.2, 0) is 11.3 Å². The van der Waals surface area contributed by atoms with Crippen molar-refractivity contribution in [3.05, 3.63) is 29.8 Å². The maximum Gasteiger partial charge on any atom is 0.193 e. The first-order chi connectivity index (χ1) is 12.7. The van der Waals surface area contributed by atoms with Crippen molar-refractivity contribution in [2.75, 3.05) is 51.8 Å². The lowest BCUT2D eigenvalue weighted by molar-refractivity contribution is 0.181. The molecule has 0 spiro atoms. The summed E-state index contributed by atoms with van der Waals surface area (Å²) in [6.45, 7) is 8.28. The smallest absolute Gasteiger partial charge is 0.193 e. The molecule has 1 aromatic carbocycles. The molecule has 0 radical (unpaired) electrons. The fraction of sp³-hybridized carbons (Fsp3) is 0.667. The average Bonchev–Trinajstić information content (AvgIpc) is 3.16. The molecule has 0 aromatic heterocycles. The monoisotopic (exact) mass is 486 g/mol. The molecule has 0 saturated carbocycles. The molecule has 5 nitrogen and oxygen atoms in total. The van der Waals surface area contributed by atoms with Crippen LogP contribution in [0.2, 0.25) is 0 Å². The number of benzene rings is 1. The number of halogens is 1. The van der Waals surface area contributed by atoms with Crippen LogP contribution in [0, 0.1) is 11.8 Å². The zero-order valence-corrected chi connectivity index (χ0v) is 19.3. The lowest BCUT2D eigenvalue weighted by Crippen LogP contribution is -2.41. The molecule has 0 bridgehead atoms. The fourth-order valence-corrected chi connectivity index (χ4v) is 3.86. The molecule has 1 unspecified atom stereocenters. The fourth-order valence-electron chi connectivity index (χ4n) is 3.86. The van der Waals surface area contributed by atoms with E-state index in [4.69, 9.17) is 4.74 Å². The quantitative estimate of drug-likeness (QED) is 0.393. The summed E-state index contributed by atoms with van der Waals surface area (Å²) in [4.78, 5) is 9.14. The van der Waals surface area contributed by atoms with Crippen molar-refractivity contribution in [2.45, 2.75) is 32.7 Å². The highest BCUT2D eigenvalue weighted by atomic mass is 127. The summed E-state index contributed by atoms with van der Waals surface area (Å²) in [7, 11) is 3.96. The molecule has 2 aliphatic rings. The lowest BCUT2D eigenvalue weighted by Gasteiger charge is -2.32. The molecule has 2 saturated heterocycles. The first-order valence-electron chi connectivity index (χ1n) is 9.99. The van der Waals surface area contributed by atoms with Crippen molar-refractivity contribution in [2.24, 2.45) is 16.8 Å². The predicted molar refractivity (Wildman–Crippen MR) is 124 cm³/mol. The number of aliphatic imine (C=N–C) groups is 1. The normalized spacial score (nSPS) is 21.1. The summed E-state index contributed by atoms with van der Waals surface area (Å²) in [5, 5.41) is 3.49. The number of anilines is 1. The molecular formula is C21H35IN4O. The topological polar surface area (TPSA) is 40.1 Å². The van der Waals surface area contributed by atoms with Gasteiger partial charge < -0.3 is 19.9 Å². The van der Waals surface area contributed by atoms with Crippen LogP contribution < -0.4 is 10.2 Å². The zero-order chi connectivity index (χ0) is 18.4. The Morgan fingerprint density at radius 1 is 1.22 bits per heavy atom. The highest BCUT2D eigenvalue weighted by Gasteiger charge is 2.19. The molecule has 2 fully saturated rings. The molecule has 3 rings (SSSR count). The summed E-state index contributed by atoms with van der Waals surface area (Å²) in [5.41, 5.74) is 2.64. The highest BCUT2D eigenvalue weighted by Crippen LogP contribution is 2.23. The maximum atomic E-state index is 5.48. The van der Waals surface area contributed by atoms with Crippen LogP contribution in [0.5, 0.6) is 0 Å². The second-order valence-electron chi connectivity index (χ2n) is 7.85. The number of hydrogen-bond donors (Lipinski definition) is 1. The summed E-state index contributed by atoms with van der Waals surface area (Å²) in [6, 6.07) is 8.99. The standard InChI is InChI=1S/C21H34N4O.HI/c1-17-8-11-25(12-9-17)20-6-4-18(5-7-20)14-23-21(22-2)24(3)15-19-10-13-26-16-19;/h4-7,17,19H,8-16H2,1-3H3,(H,22,23);1H. The minimum absolute atomic E-state index is 0. The summed E-state index contributed by atoms with van der Waals surface area (Å²) in [6.07, 6.45) is 3.76. The Labute approximate surface area is 181 Å². The highest BCUT2D eigenvalue weighted by molar-refractivity contribution is 14.0. The van der Waals surface area contributed by atoms with E-state index in [0.717, 1.165) is 44.6 Å². The molecule has 1 atom stereocenters. The Hall–Kier alpha value is -1.02. The molecule has 1 N–H and O–H groups in total. The van der Waals surface area contributed by atoms with Gasteiger partial charge >= 0.3 is 0 Å². The number of piperidine rings is 1. The van der Waals surface area contributed by atoms with Gasteiger partial charge in [-0.1, -0.05) is 19.1 Å². The minimum atomic E-state index is 0. The number of nitrogens with zero attached hydrogens (tertiary/aromatic N) is 3. The minimum Gasteiger partial charge on any atom is -0.381 e. The van der Waals surface area contributed by atoms with Crippen molar-refractivity contribution >= 4 is 35.6 Å². The Kier molecular flexibility index (Phi) is 9.15. The Bertz CT molecular complexity index is 578. The van der Waals surface area contributed by atoms with Gasteiger partial charge in [0.25, 0.3) is 0 Å². The van der Waals surface area contributed by atoms with Crippen LogP contribution in [0.15, 0.2) is 29.3 Å². The molecule has 2 heterocycles. The van der Waals surface area contributed by atoms with E-state index in [9.17, 15) is 0 Å². The van der Waals surface area contributed by atoms with E-state index in [1.54, 1.807) is 0 Å². The van der Waals surface area contributed by atoms with Gasteiger partial charge in [0.1, 0.15) is 0 Å². The molecule has 6 heteroatoms. The molecule has 2 aliphatic heterocycles. The van der Waals surface area contributed by atoms with Gasteiger partial charge in [-0.2, -0.15) is 0 Å². The largest absolute Gasteiger partial charge is 0.381 e. The molecule has 27 heavy (non-hydrogen) atoms. The van der Waals surface area contributed by atoms with Gasteiger partial charge in [0.05, 0.1) is 6.61 Å². The Balaban J connectivity index is 0.00000261. The number of rotatable bonds is 5. The Morgan fingerprint density at radius 3 is 2.52 bits per heavy atom. The van der Waals surface area contributed by atoms with Crippen molar-refractivity contribution in [1.82, 2.24) is 10.2 Å². The second kappa shape index (κ2) is 11.1. The van der Waals surface area contributed by atoms with E-state index in [1.807, 2.05) is 7.05 Å². The number of ether oxygens (including phenoxy) is 1. The van der Waals surface area contributed by atoms with Crippen molar-refractivity contribution in [3.8, 4) is 0 Å². The molecule has 1 aromatic rings. The first kappa shape index (κ1) is 22.3. The second-order valence-corrected chi connectivity index (χ2v) is 7.85. The van der Waals surface area contributed by atoms with Gasteiger partial charge in [0, 0.05) is 58.5 Å². The van der Waals surface area contributed by atoms with E-state index in [1.165, 1.54) is 37.2 Å². The van der Waals surface area contributed by atoms with Crippen LogP contribution in [0.4, 0.5) is 5.69 Å². The number of guanidine groups is 1. The van der Waals surface area contributed by atoms with Crippen molar-refractivity contribution in [1.29, 1.82) is 0 Å².